The number of rotatable bonds is 16. The van der Waals surface area contributed by atoms with E-state index in [-0.39, 0.29) is 67.2 Å². The molecule has 2 aromatic heterocycles. The van der Waals surface area contributed by atoms with Gasteiger partial charge < -0.3 is 30.0 Å². The van der Waals surface area contributed by atoms with Gasteiger partial charge in [0.25, 0.3) is 0 Å². The first-order valence-electron chi connectivity index (χ1n) is 20.9. The van der Waals surface area contributed by atoms with Crippen LogP contribution in [0.1, 0.15) is 85.6 Å². The number of nitrogens with zero attached hydrogens (tertiary/aromatic N) is 4. The highest BCUT2D eigenvalue weighted by Crippen LogP contribution is 2.37. The van der Waals surface area contributed by atoms with E-state index < -0.39 is 41.8 Å². The molecule has 0 bridgehead atoms. The van der Waals surface area contributed by atoms with E-state index in [9.17, 15) is 28.0 Å². The topological polar surface area (TPSA) is 132 Å². The third kappa shape index (κ3) is 8.81. The molecule has 2 aromatic carbocycles. The summed E-state index contributed by atoms with van der Waals surface area (Å²) in [6.45, 7) is 11.9. The van der Waals surface area contributed by atoms with E-state index in [1.807, 2.05) is 44.1 Å². The fourth-order valence-corrected chi connectivity index (χ4v) is 8.59. The second kappa shape index (κ2) is 18.0. The Morgan fingerprint density at radius 1 is 0.948 bits per heavy atom. The molecule has 7 unspecified atom stereocenters. The normalized spacial score (nSPS) is 20.6. The minimum atomic E-state index is -1.27. The maximum atomic E-state index is 15.4. The van der Waals surface area contributed by atoms with Crippen LogP contribution in [-0.4, -0.2) is 98.3 Å². The number of H-pyrrole nitrogens is 1. The molecule has 14 heteroatoms. The van der Waals surface area contributed by atoms with Crippen molar-refractivity contribution in [2.75, 3.05) is 20.1 Å². The summed E-state index contributed by atoms with van der Waals surface area (Å²) < 4.78 is 46.9. The zero-order valence-corrected chi connectivity index (χ0v) is 34.7. The van der Waals surface area contributed by atoms with Crippen LogP contribution in [0.25, 0.3) is 33.5 Å². The number of ketones is 1. The van der Waals surface area contributed by atoms with Crippen LogP contribution in [0.15, 0.2) is 36.4 Å². The van der Waals surface area contributed by atoms with Gasteiger partial charge in [-0.15, -0.1) is 0 Å². The standard InChI is InChI=1S/C44H58F3N7O4/c1-8-25(5)42(56)51-39(24(3)4)44(58)52-16-10-11-31(52)23-54-37-15-13-29(46)20-36(37)50-41(54)40-34(33-14-12-28(45)19-35(33)49-40)21-32-18-30(47)22-53(32)43(57)27(9-2)17-38(55)26(6)48-7/h12-15,19-20,24-27,30-32,39,48-49H,8-11,16-18,21-23H2,1-7H3,(H,51,56). The van der Waals surface area contributed by atoms with Gasteiger partial charge in [-0.1, -0.05) is 34.6 Å². The van der Waals surface area contributed by atoms with Crippen molar-refractivity contribution in [3.63, 3.8) is 0 Å². The fourth-order valence-electron chi connectivity index (χ4n) is 8.59. The number of hydrogen-bond donors (Lipinski definition) is 3. The number of benzene rings is 2. The number of fused-ring (bicyclic) bond motifs is 2. The smallest absolute Gasteiger partial charge is 0.245 e. The second-order valence-corrected chi connectivity index (χ2v) is 16.7. The highest BCUT2D eigenvalue weighted by Gasteiger charge is 2.40. The number of aromatic amines is 1. The molecule has 3 amide bonds. The van der Waals surface area contributed by atoms with E-state index in [2.05, 4.69) is 15.6 Å². The van der Waals surface area contributed by atoms with E-state index in [0.29, 0.717) is 71.4 Å². The van der Waals surface area contributed by atoms with Gasteiger partial charge in [0.1, 0.15) is 29.6 Å². The molecule has 0 radical (unpaired) electrons. The number of hydrogen-bond acceptors (Lipinski definition) is 6. The van der Waals surface area contributed by atoms with Crippen molar-refractivity contribution in [1.82, 2.24) is 35.0 Å². The summed E-state index contributed by atoms with van der Waals surface area (Å²) in [6.07, 6.45) is 1.57. The van der Waals surface area contributed by atoms with Gasteiger partial charge in [0.15, 0.2) is 5.82 Å². The molecule has 11 nitrogen and oxygen atoms in total. The number of Topliss-reactive ketones (excluding diaryl/α,β-unsaturated/α-hetero) is 1. The highest BCUT2D eigenvalue weighted by molar-refractivity contribution is 5.93. The van der Waals surface area contributed by atoms with E-state index >= 15 is 4.39 Å². The van der Waals surface area contributed by atoms with E-state index in [1.165, 1.54) is 24.3 Å². The molecule has 0 aliphatic carbocycles. The maximum Gasteiger partial charge on any atom is 0.245 e. The quantitative estimate of drug-likeness (QED) is 0.115. The monoisotopic (exact) mass is 805 g/mol. The number of aromatic nitrogens is 3. The van der Waals surface area contributed by atoms with Crippen molar-refractivity contribution in [2.24, 2.45) is 17.8 Å². The summed E-state index contributed by atoms with van der Waals surface area (Å²) >= 11 is 0. The van der Waals surface area contributed by atoms with Crippen molar-refractivity contribution < 1.29 is 32.3 Å². The van der Waals surface area contributed by atoms with Crippen LogP contribution in [0.3, 0.4) is 0 Å². The summed E-state index contributed by atoms with van der Waals surface area (Å²) in [5, 5.41) is 6.61. The number of amides is 3. The average molecular weight is 806 g/mol. The lowest BCUT2D eigenvalue weighted by Crippen LogP contribution is -2.53. The number of halogens is 3. The predicted molar refractivity (Wildman–Crippen MR) is 219 cm³/mol. The lowest BCUT2D eigenvalue weighted by atomic mass is 9.94. The van der Waals surface area contributed by atoms with Crippen LogP contribution < -0.4 is 10.6 Å². The van der Waals surface area contributed by atoms with Crippen LogP contribution in [-0.2, 0) is 32.1 Å². The Kier molecular flexibility index (Phi) is 13.3. The van der Waals surface area contributed by atoms with E-state index in [4.69, 9.17) is 4.98 Å². The Hall–Kier alpha value is -4.72. The summed E-state index contributed by atoms with van der Waals surface area (Å²) in [6, 6.07) is 6.77. The van der Waals surface area contributed by atoms with Crippen molar-refractivity contribution in [1.29, 1.82) is 0 Å². The lowest BCUT2D eigenvalue weighted by molar-refractivity contribution is -0.139. The summed E-state index contributed by atoms with van der Waals surface area (Å²) in [5.41, 5.74) is 2.72. The summed E-state index contributed by atoms with van der Waals surface area (Å²) in [7, 11) is 1.69. The molecule has 3 N–H and O–H groups in total. The number of carbonyl (C=O) groups excluding carboxylic acids is 4. The van der Waals surface area contributed by atoms with Gasteiger partial charge >= 0.3 is 0 Å². The molecule has 4 heterocycles. The molecular formula is C44H58F3N7O4. The van der Waals surface area contributed by atoms with Crippen LogP contribution in [0, 0.1) is 29.4 Å². The van der Waals surface area contributed by atoms with Gasteiger partial charge in [-0.3, -0.25) is 19.2 Å². The molecule has 7 atom stereocenters. The third-order valence-electron chi connectivity index (χ3n) is 12.4. The zero-order valence-electron chi connectivity index (χ0n) is 34.7. The molecule has 314 valence electrons. The summed E-state index contributed by atoms with van der Waals surface area (Å²) in [4.78, 5) is 65.9. The minimum Gasteiger partial charge on any atom is -0.352 e. The first-order chi connectivity index (χ1) is 27.6. The van der Waals surface area contributed by atoms with Crippen molar-refractivity contribution in [3.05, 3.63) is 53.6 Å². The molecule has 6 rings (SSSR count). The molecule has 4 aromatic rings. The van der Waals surface area contributed by atoms with Gasteiger partial charge in [0.2, 0.25) is 17.7 Å². The van der Waals surface area contributed by atoms with Crippen LogP contribution in [0.5, 0.6) is 0 Å². The molecule has 0 spiro atoms. The number of likely N-dealkylation sites (tertiary alicyclic amines) is 2. The number of alkyl halides is 1. The number of imidazole rings is 1. The Balaban J connectivity index is 1.39. The van der Waals surface area contributed by atoms with Crippen molar-refractivity contribution in [3.8, 4) is 11.5 Å². The van der Waals surface area contributed by atoms with Crippen LogP contribution >= 0.6 is 0 Å². The van der Waals surface area contributed by atoms with Crippen LogP contribution in [0.4, 0.5) is 13.2 Å². The Morgan fingerprint density at radius 3 is 2.36 bits per heavy atom. The van der Waals surface area contributed by atoms with E-state index in [1.54, 1.807) is 31.0 Å². The Labute approximate surface area is 338 Å². The molecule has 0 saturated carbocycles. The predicted octanol–water partition coefficient (Wildman–Crippen LogP) is 6.72. The fraction of sp³-hybridized carbons (Fsp3) is 0.568. The van der Waals surface area contributed by atoms with Crippen LogP contribution in [0.2, 0.25) is 0 Å². The van der Waals surface area contributed by atoms with Gasteiger partial charge in [-0.2, -0.15) is 0 Å². The van der Waals surface area contributed by atoms with Crippen molar-refractivity contribution in [2.45, 2.75) is 123 Å². The maximum absolute atomic E-state index is 15.4. The Bertz CT molecular complexity index is 2150. The Morgan fingerprint density at radius 2 is 1.67 bits per heavy atom. The second-order valence-electron chi connectivity index (χ2n) is 16.7. The first kappa shape index (κ1) is 42.9. The molecule has 2 aliphatic rings. The number of nitrogens with one attached hydrogen (secondary N) is 3. The number of carbonyl (C=O) groups is 4. The SMILES string of the molecule is CCC(C)C(=O)NC(C(=O)N1CCCC1Cn1c(-c2[nH]c3cc(F)ccc3c2CC2CC(F)CN2C(=O)C(CC)CC(=O)C(C)NC)nc2cc(F)ccc21)C(C)C. The lowest BCUT2D eigenvalue weighted by Gasteiger charge is -2.32. The molecular weight excluding hydrogens is 748 g/mol. The van der Waals surface area contributed by atoms with Crippen molar-refractivity contribution >= 4 is 45.4 Å². The largest absolute Gasteiger partial charge is 0.352 e. The highest BCUT2D eigenvalue weighted by atomic mass is 19.1. The van der Waals surface area contributed by atoms with Gasteiger partial charge in [0.05, 0.1) is 29.3 Å². The zero-order chi connectivity index (χ0) is 42.0. The van der Waals surface area contributed by atoms with Gasteiger partial charge in [-0.05, 0) is 87.9 Å². The first-order valence-corrected chi connectivity index (χ1v) is 20.9. The van der Waals surface area contributed by atoms with E-state index in [0.717, 1.165) is 6.42 Å². The minimum absolute atomic E-state index is 0.0402. The summed E-state index contributed by atoms with van der Waals surface area (Å²) in [5.74, 6) is -2.19. The molecule has 58 heavy (non-hydrogen) atoms. The average Bonchev–Trinajstić information content (AvgIpc) is 3.98. The molecule has 2 fully saturated rings. The van der Waals surface area contributed by atoms with Gasteiger partial charge in [-0.25, -0.2) is 18.2 Å². The molecule has 2 aliphatic heterocycles. The third-order valence-corrected chi connectivity index (χ3v) is 12.4. The molecule has 2 saturated heterocycles. The number of likely N-dealkylation sites (N-methyl/N-ethyl adjacent to an activating group) is 1. The van der Waals surface area contributed by atoms with Gasteiger partial charge in [0, 0.05) is 66.8 Å².